The summed E-state index contributed by atoms with van der Waals surface area (Å²) in [5, 5.41) is 10.4. The van der Waals surface area contributed by atoms with E-state index in [1.54, 1.807) is 0 Å². The molecule has 0 bridgehead atoms. The maximum absolute atomic E-state index is 2.77. The minimum absolute atomic E-state index is 1.15. The second kappa shape index (κ2) is 16.8. The molecule has 324 valence electrons. The van der Waals surface area contributed by atoms with Gasteiger partial charge in [-0.1, -0.05) is 231 Å². The summed E-state index contributed by atoms with van der Waals surface area (Å²) in [7, 11) is -2.77. The summed E-state index contributed by atoms with van der Waals surface area (Å²) >= 11 is 0. The van der Waals surface area contributed by atoms with Crippen LogP contribution in [0.25, 0.3) is 88.4 Å². The summed E-state index contributed by atoms with van der Waals surface area (Å²) in [4.78, 5) is 0. The minimum atomic E-state index is -2.77. The predicted molar refractivity (Wildman–Crippen MR) is 295 cm³/mol. The normalized spacial score (nSPS) is 11.8. The molecule has 13 aromatic rings. The maximum atomic E-state index is 2.51. The number of benzene rings is 11. The fourth-order valence-corrected chi connectivity index (χ4v) is 16.0. The zero-order chi connectivity index (χ0) is 45.7. The van der Waals surface area contributed by atoms with E-state index in [4.69, 9.17) is 0 Å². The van der Waals surface area contributed by atoms with Crippen molar-refractivity contribution in [3.63, 3.8) is 0 Å². The van der Waals surface area contributed by atoms with E-state index in [-0.39, 0.29) is 0 Å². The lowest BCUT2D eigenvalue weighted by atomic mass is 9.96. The van der Waals surface area contributed by atoms with Gasteiger partial charge in [0, 0.05) is 38.4 Å². The van der Waals surface area contributed by atoms with E-state index in [1.807, 2.05) is 0 Å². The van der Waals surface area contributed by atoms with Crippen molar-refractivity contribution in [1.29, 1.82) is 0 Å². The molecule has 2 aromatic heterocycles. The topological polar surface area (TPSA) is 9.86 Å². The molecule has 2 nitrogen and oxygen atoms in total. The van der Waals surface area contributed by atoms with E-state index in [0.29, 0.717) is 0 Å². The fraction of sp³-hybridized carbons (Fsp3) is 0. The van der Waals surface area contributed by atoms with Gasteiger partial charge in [0.15, 0.2) is 8.07 Å². The van der Waals surface area contributed by atoms with Gasteiger partial charge >= 0.3 is 0 Å². The number of fused-ring (bicyclic) bond motifs is 6. The first-order chi connectivity index (χ1) is 34.3. The van der Waals surface area contributed by atoms with Crippen LogP contribution in [-0.4, -0.2) is 17.2 Å². The first-order valence-electron chi connectivity index (χ1n) is 23.8. The smallest absolute Gasteiger partial charge is 0.179 e. The Morgan fingerprint density at radius 3 is 1.36 bits per heavy atom. The lowest BCUT2D eigenvalue weighted by Crippen LogP contribution is -2.74. The molecule has 0 unspecified atom stereocenters. The van der Waals surface area contributed by atoms with Crippen LogP contribution in [0.5, 0.6) is 0 Å². The van der Waals surface area contributed by atoms with E-state index < -0.39 is 8.07 Å². The Labute approximate surface area is 403 Å². The molecule has 2 heterocycles. The highest BCUT2D eigenvalue weighted by atomic mass is 28.3. The van der Waals surface area contributed by atoms with E-state index in [9.17, 15) is 0 Å². The van der Waals surface area contributed by atoms with Gasteiger partial charge in [-0.05, 0) is 91.5 Å². The molecule has 13 rings (SSSR count). The third kappa shape index (κ3) is 6.62. The molecule has 0 atom stereocenters. The van der Waals surface area contributed by atoms with Crippen LogP contribution in [0.2, 0.25) is 0 Å². The number of hydrogen-bond donors (Lipinski definition) is 0. The molecule has 0 fully saturated rings. The molecule has 0 saturated carbocycles. The molecule has 3 heteroatoms. The van der Waals surface area contributed by atoms with Crippen molar-refractivity contribution in [3.8, 4) is 44.8 Å². The maximum Gasteiger partial charge on any atom is 0.179 e. The fourth-order valence-electron chi connectivity index (χ4n) is 11.3. The standard InChI is InChI=1S/C66H46N2Si/c1-6-22-47(23-7-1)49-40-42-64(60(44-49)48-24-8-2-9-25-48)68-63-39-19-16-34-57(63)59-37-21-36-56(66(59)68)50-41-43-65-61(45-50)58-35-17-18-38-62(58)67(65)51-26-20-33-55(46-51)69(52-27-10-3-11-28-52,53-29-12-4-13-30-53)54-31-14-5-15-32-54/h1-46H. The van der Waals surface area contributed by atoms with Gasteiger partial charge in [0.2, 0.25) is 0 Å². The predicted octanol–water partition coefficient (Wildman–Crippen LogP) is 14.3. The molecule has 0 N–H and O–H groups in total. The molecule has 0 aliphatic carbocycles. The van der Waals surface area contributed by atoms with Crippen molar-refractivity contribution in [2.45, 2.75) is 0 Å². The first-order valence-corrected chi connectivity index (χ1v) is 25.8. The lowest BCUT2D eigenvalue weighted by Gasteiger charge is -2.34. The summed E-state index contributed by atoms with van der Waals surface area (Å²) < 4.78 is 4.99. The van der Waals surface area contributed by atoms with E-state index in [2.05, 4.69) is 288 Å². The Morgan fingerprint density at radius 1 is 0.246 bits per heavy atom. The highest BCUT2D eigenvalue weighted by molar-refractivity contribution is 7.19. The molecule has 0 amide bonds. The largest absolute Gasteiger partial charge is 0.309 e. The van der Waals surface area contributed by atoms with Crippen LogP contribution in [0.3, 0.4) is 0 Å². The van der Waals surface area contributed by atoms with Gasteiger partial charge in [0.1, 0.15) is 0 Å². The minimum Gasteiger partial charge on any atom is -0.309 e. The van der Waals surface area contributed by atoms with Gasteiger partial charge in [0.25, 0.3) is 0 Å². The molecule has 0 aliphatic heterocycles. The van der Waals surface area contributed by atoms with Gasteiger partial charge < -0.3 is 9.13 Å². The van der Waals surface area contributed by atoms with Crippen LogP contribution < -0.4 is 20.7 Å². The molecule has 0 aliphatic rings. The molecule has 69 heavy (non-hydrogen) atoms. The molecule has 0 radical (unpaired) electrons. The number of rotatable bonds is 9. The number of aromatic nitrogens is 2. The molecule has 0 spiro atoms. The lowest BCUT2D eigenvalue weighted by molar-refractivity contribution is 1.18. The van der Waals surface area contributed by atoms with Crippen molar-refractivity contribution >= 4 is 72.4 Å². The van der Waals surface area contributed by atoms with E-state index in [1.165, 1.54) is 97.7 Å². The van der Waals surface area contributed by atoms with E-state index in [0.717, 1.165) is 11.4 Å². The Morgan fingerprint density at radius 2 is 0.725 bits per heavy atom. The van der Waals surface area contributed by atoms with Crippen molar-refractivity contribution in [2.75, 3.05) is 0 Å². The Hall–Kier alpha value is -8.76. The molecule has 11 aromatic carbocycles. The van der Waals surface area contributed by atoms with Crippen LogP contribution in [0.4, 0.5) is 0 Å². The monoisotopic (exact) mass is 894 g/mol. The van der Waals surface area contributed by atoms with Crippen molar-refractivity contribution in [1.82, 2.24) is 9.13 Å². The third-order valence-corrected chi connectivity index (χ3v) is 19.0. The number of para-hydroxylation sites is 3. The van der Waals surface area contributed by atoms with Crippen LogP contribution in [0.15, 0.2) is 279 Å². The number of hydrogen-bond acceptors (Lipinski definition) is 0. The quantitative estimate of drug-likeness (QED) is 0.101. The Kier molecular flexibility index (Phi) is 9.88. The van der Waals surface area contributed by atoms with Crippen molar-refractivity contribution in [2.24, 2.45) is 0 Å². The van der Waals surface area contributed by atoms with Gasteiger partial charge in [0.05, 0.1) is 27.8 Å². The van der Waals surface area contributed by atoms with E-state index >= 15 is 0 Å². The summed E-state index contributed by atoms with van der Waals surface area (Å²) in [5.74, 6) is 0. The van der Waals surface area contributed by atoms with Crippen LogP contribution >= 0.6 is 0 Å². The second-order valence-electron chi connectivity index (χ2n) is 18.0. The zero-order valence-corrected chi connectivity index (χ0v) is 39.0. The average Bonchev–Trinajstić information content (AvgIpc) is 3.95. The highest BCUT2D eigenvalue weighted by Crippen LogP contribution is 2.43. The molecule has 0 saturated heterocycles. The summed E-state index contributed by atoms with van der Waals surface area (Å²) in [5.41, 5.74) is 14.2. The van der Waals surface area contributed by atoms with Gasteiger partial charge in [-0.3, -0.25) is 0 Å². The average molecular weight is 895 g/mol. The van der Waals surface area contributed by atoms with Crippen molar-refractivity contribution in [3.05, 3.63) is 279 Å². The van der Waals surface area contributed by atoms with Crippen LogP contribution in [-0.2, 0) is 0 Å². The van der Waals surface area contributed by atoms with Crippen LogP contribution in [0, 0.1) is 0 Å². The van der Waals surface area contributed by atoms with Gasteiger partial charge in [-0.25, -0.2) is 0 Å². The Bertz CT molecular complexity index is 3890. The summed E-state index contributed by atoms with van der Waals surface area (Å²) in [6, 6.07) is 103. The van der Waals surface area contributed by atoms with Gasteiger partial charge in [-0.2, -0.15) is 0 Å². The number of nitrogens with zero attached hydrogens (tertiary/aromatic N) is 2. The van der Waals surface area contributed by atoms with Crippen molar-refractivity contribution < 1.29 is 0 Å². The Balaban J connectivity index is 1.03. The highest BCUT2D eigenvalue weighted by Gasteiger charge is 2.41. The zero-order valence-electron chi connectivity index (χ0n) is 38.0. The first kappa shape index (κ1) is 40.5. The molecular weight excluding hydrogens is 849 g/mol. The summed E-state index contributed by atoms with van der Waals surface area (Å²) in [6.45, 7) is 0. The van der Waals surface area contributed by atoms with Gasteiger partial charge in [-0.15, -0.1) is 0 Å². The molecular formula is C66H46N2Si. The summed E-state index contributed by atoms with van der Waals surface area (Å²) in [6.07, 6.45) is 0. The SMILES string of the molecule is c1ccc(-c2ccc(-n3c4ccccc4c4cccc(-c5ccc6c(c5)c5ccccc5n6-c5cccc([Si](c6ccccc6)(c6ccccc6)c6ccccc6)c5)c43)c(-c3ccccc3)c2)cc1. The second-order valence-corrected chi connectivity index (χ2v) is 21.8. The van der Waals surface area contributed by atoms with Crippen LogP contribution in [0.1, 0.15) is 0 Å². The third-order valence-electron chi connectivity index (χ3n) is 14.3.